The van der Waals surface area contributed by atoms with Crippen LogP contribution in [0.4, 0.5) is 0 Å². The van der Waals surface area contributed by atoms with E-state index in [1.165, 1.54) is 0 Å². The van der Waals surface area contributed by atoms with E-state index in [0.717, 1.165) is 68.6 Å². The molecular weight excluding hydrogens is 376 g/mol. The quantitative estimate of drug-likeness (QED) is 0.391. The molecule has 0 saturated carbocycles. The number of guanidine groups is 1. The number of thiophene rings is 1. The van der Waals surface area contributed by atoms with E-state index in [0.29, 0.717) is 18.5 Å². The number of nitrogens with zero attached hydrogens (tertiary/aromatic N) is 3. The molecule has 28 heavy (non-hydrogen) atoms. The third kappa shape index (κ3) is 6.05. The molecule has 2 aromatic rings. The number of rotatable bonds is 9. The van der Waals surface area contributed by atoms with Crippen molar-refractivity contribution in [3.63, 3.8) is 0 Å². The molecule has 0 bridgehead atoms. The molecule has 0 aliphatic carbocycles. The van der Waals surface area contributed by atoms with E-state index in [4.69, 9.17) is 18.9 Å². The largest absolute Gasteiger partial charge is 0.443 e. The van der Waals surface area contributed by atoms with Crippen LogP contribution in [0, 0.1) is 0 Å². The van der Waals surface area contributed by atoms with Crippen molar-refractivity contribution in [1.29, 1.82) is 0 Å². The van der Waals surface area contributed by atoms with Crippen molar-refractivity contribution < 1.29 is 13.9 Å². The fourth-order valence-electron chi connectivity index (χ4n) is 3.16. The second kappa shape index (κ2) is 11.2. The highest BCUT2D eigenvalue weighted by Crippen LogP contribution is 2.23. The van der Waals surface area contributed by atoms with Crippen molar-refractivity contribution in [2.75, 3.05) is 40.0 Å². The van der Waals surface area contributed by atoms with Gasteiger partial charge in [-0.3, -0.25) is 0 Å². The molecule has 8 heteroatoms. The molecule has 0 unspecified atom stereocenters. The summed E-state index contributed by atoms with van der Waals surface area (Å²) in [4.78, 5) is 12.7. The summed E-state index contributed by atoms with van der Waals surface area (Å²) in [6.45, 7) is 6.85. The Labute approximate surface area is 170 Å². The number of hydrogen-bond acceptors (Lipinski definition) is 6. The summed E-state index contributed by atoms with van der Waals surface area (Å²) in [5.41, 5.74) is 0.843. The average molecular weight is 407 g/mol. The number of aliphatic imine (C=N–C) groups is 1. The molecule has 154 valence electrons. The van der Waals surface area contributed by atoms with Crippen molar-refractivity contribution in [3.8, 4) is 10.8 Å². The van der Waals surface area contributed by atoms with Crippen LogP contribution >= 0.6 is 11.3 Å². The minimum atomic E-state index is 0.333. The van der Waals surface area contributed by atoms with Crippen molar-refractivity contribution in [2.45, 2.75) is 38.8 Å². The molecular formula is C20H30N4O3S. The lowest BCUT2D eigenvalue weighted by Gasteiger charge is -2.34. The Balaban J connectivity index is 1.51. The highest BCUT2D eigenvalue weighted by molar-refractivity contribution is 7.13. The lowest BCUT2D eigenvalue weighted by atomic mass is 10.1. The molecule has 1 fully saturated rings. The van der Waals surface area contributed by atoms with Gasteiger partial charge in [-0.2, -0.15) is 0 Å². The molecule has 1 N–H and O–H groups in total. The standard InChI is InChI=1S/C20H30N4O3S/c1-3-21-20(24-9-7-17(8-10-24)26-12-5-11-25-2)22-14-16-15-27-19(23-16)18-6-4-13-28-18/h4,6,13,15,17H,3,5,7-12,14H2,1-2H3,(H,21,22). The molecule has 7 nitrogen and oxygen atoms in total. The van der Waals surface area contributed by atoms with Crippen LogP contribution < -0.4 is 5.32 Å². The molecule has 0 aromatic carbocycles. The Morgan fingerprint density at radius 3 is 2.96 bits per heavy atom. The minimum Gasteiger partial charge on any atom is -0.443 e. The minimum absolute atomic E-state index is 0.333. The fraction of sp³-hybridized carbons (Fsp3) is 0.600. The van der Waals surface area contributed by atoms with E-state index < -0.39 is 0 Å². The van der Waals surface area contributed by atoms with E-state index >= 15 is 0 Å². The molecule has 0 spiro atoms. The third-order valence-corrected chi connectivity index (χ3v) is 5.46. The van der Waals surface area contributed by atoms with Gasteiger partial charge in [-0.15, -0.1) is 11.3 Å². The highest BCUT2D eigenvalue weighted by Gasteiger charge is 2.22. The highest BCUT2D eigenvalue weighted by atomic mass is 32.1. The smallest absolute Gasteiger partial charge is 0.236 e. The molecule has 1 aliphatic rings. The van der Waals surface area contributed by atoms with Crippen molar-refractivity contribution in [1.82, 2.24) is 15.2 Å². The molecule has 1 aliphatic heterocycles. The SMILES string of the molecule is CCNC(=NCc1coc(-c2cccs2)n1)N1CCC(OCCCOC)CC1. The molecule has 0 atom stereocenters. The zero-order valence-corrected chi connectivity index (χ0v) is 17.5. The van der Waals surface area contributed by atoms with Crippen LogP contribution in [0.3, 0.4) is 0 Å². The molecule has 2 aromatic heterocycles. The monoisotopic (exact) mass is 406 g/mol. The second-order valence-electron chi connectivity index (χ2n) is 6.70. The predicted molar refractivity (Wildman–Crippen MR) is 112 cm³/mol. The van der Waals surface area contributed by atoms with Crippen LogP contribution in [0.15, 0.2) is 33.2 Å². The van der Waals surface area contributed by atoms with Crippen LogP contribution in [-0.2, 0) is 16.0 Å². The lowest BCUT2D eigenvalue weighted by molar-refractivity contribution is 0.00990. The number of piperidine rings is 1. The summed E-state index contributed by atoms with van der Waals surface area (Å²) in [6, 6.07) is 4.01. The van der Waals surface area contributed by atoms with E-state index in [1.807, 2.05) is 17.5 Å². The zero-order valence-electron chi connectivity index (χ0n) is 16.7. The van der Waals surface area contributed by atoms with Crippen molar-refractivity contribution >= 4 is 17.3 Å². The van der Waals surface area contributed by atoms with Gasteiger partial charge in [0.2, 0.25) is 5.89 Å². The maximum Gasteiger partial charge on any atom is 0.236 e. The number of hydrogen-bond donors (Lipinski definition) is 1. The van der Waals surface area contributed by atoms with E-state index in [2.05, 4.69) is 22.1 Å². The Morgan fingerprint density at radius 1 is 1.39 bits per heavy atom. The first-order valence-electron chi connectivity index (χ1n) is 9.92. The first kappa shape index (κ1) is 20.8. The van der Waals surface area contributed by atoms with Crippen LogP contribution in [-0.4, -0.2) is 61.9 Å². The van der Waals surface area contributed by atoms with Crippen LogP contribution in [0.1, 0.15) is 31.9 Å². The predicted octanol–water partition coefficient (Wildman–Crippen LogP) is 3.39. The van der Waals surface area contributed by atoms with Crippen LogP contribution in [0.5, 0.6) is 0 Å². The number of likely N-dealkylation sites (tertiary alicyclic amines) is 1. The van der Waals surface area contributed by atoms with Gasteiger partial charge in [0.25, 0.3) is 0 Å². The molecule has 0 amide bonds. The first-order valence-corrected chi connectivity index (χ1v) is 10.8. The van der Waals surface area contributed by atoms with Gasteiger partial charge in [-0.05, 0) is 37.6 Å². The van der Waals surface area contributed by atoms with Gasteiger partial charge < -0.3 is 24.1 Å². The summed E-state index contributed by atoms with van der Waals surface area (Å²) in [6.07, 6.45) is 5.02. The van der Waals surface area contributed by atoms with Crippen LogP contribution in [0.25, 0.3) is 10.8 Å². The van der Waals surface area contributed by atoms with Gasteiger partial charge in [0.15, 0.2) is 5.96 Å². The summed E-state index contributed by atoms with van der Waals surface area (Å²) in [5, 5.41) is 5.41. The zero-order chi connectivity index (χ0) is 19.6. The van der Waals surface area contributed by atoms with Crippen molar-refractivity contribution in [2.24, 2.45) is 4.99 Å². The fourth-order valence-corrected chi connectivity index (χ4v) is 3.82. The lowest BCUT2D eigenvalue weighted by Crippen LogP contribution is -2.47. The second-order valence-corrected chi connectivity index (χ2v) is 7.64. The number of oxazole rings is 1. The first-order chi connectivity index (χ1) is 13.8. The van der Waals surface area contributed by atoms with Gasteiger partial charge in [0, 0.05) is 40.0 Å². The summed E-state index contributed by atoms with van der Waals surface area (Å²) in [5.74, 6) is 1.60. The Morgan fingerprint density at radius 2 is 2.25 bits per heavy atom. The molecule has 3 rings (SSSR count). The van der Waals surface area contributed by atoms with Gasteiger partial charge in [-0.25, -0.2) is 9.98 Å². The van der Waals surface area contributed by atoms with Gasteiger partial charge in [-0.1, -0.05) is 6.07 Å². The van der Waals surface area contributed by atoms with Gasteiger partial charge >= 0.3 is 0 Å². The maximum absolute atomic E-state index is 5.95. The van der Waals surface area contributed by atoms with Crippen molar-refractivity contribution in [3.05, 3.63) is 29.5 Å². The van der Waals surface area contributed by atoms with Crippen LogP contribution in [0.2, 0.25) is 0 Å². The Kier molecular flexibility index (Phi) is 8.32. The average Bonchev–Trinajstić information content (AvgIpc) is 3.41. The van der Waals surface area contributed by atoms with Gasteiger partial charge in [0.05, 0.1) is 17.5 Å². The number of nitrogens with one attached hydrogen (secondary N) is 1. The summed E-state index contributed by atoms with van der Waals surface area (Å²) in [7, 11) is 1.72. The van der Waals surface area contributed by atoms with E-state index in [-0.39, 0.29) is 0 Å². The summed E-state index contributed by atoms with van der Waals surface area (Å²) < 4.78 is 16.6. The topological polar surface area (TPSA) is 72.1 Å². The molecule has 3 heterocycles. The molecule has 1 saturated heterocycles. The van der Waals surface area contributed by atoms with Gasteiger partial charge in [0.1, 0.15) is 12.0 Å². The third-order valence-electron chi connectivity index (χ3n) is 4.60. The number of ether oxygens (including phenoxy) is 2. The normalized spacial score (nSPS) is 15.9. The summed E-state index contributed by atoms with van der Waals surface area (Å²) >= 11 is 1.62. The van der Waals surface area contributed by atoms with E-state index in [9.17, 15) is 0 Å². The Hall–Kier alpha value is -1.90. The molecule has 0 radical (unpaired) electrons. The Bertz CT molecular complexity index is 709. The number of aromatic nitrogens is 1. The number of methoxy groups -OCH3 is 1. The maximum atomic E-state index is 5.95. The van der Waals surface area contributed by atoms with E-state index in [1.54, 1.807) is 24.7 Å².